The molecule has 1 atom stereocenters. The molecule has 0 aliphatic heterocycles. The molecule has 0 saturated carbocycles. The zero-order valence-corrected chi connectivity index (χ0v) is 11.8. The Labute approximate surface area is 116 Å². The predicted molar refractivity (Wildman–Crippen MR) is 78.2 cm³/mol. The van der Waals surface area contributed by atoms with Crippen LogP contribution in [0.5, 0.6) is 0 Å². The molecule has 0 radical (unpaired) electrons. The maximum atomic E-state index is 12.3. The van der Waals surface area contributed by atoms with Gasteiger partial charge in [-0.1, -0.05) is 13.0 Å². The highest BCUT2D eigenvalue weighted by Crippen LogP contribution is 2.20. The number of nitrogen functional groups attached to an aromatic ring is 1. The van der Waals surface area contributed by atoms with Crippen LogP contribution in [0.25, 0.3) is 0 Å². The van der Waals surface area contributed by atoms with Gasteiger partial charge in [0.05, 0.1) is 6.04 Å². The van der Waals surface area contributed by atoms with E-state index in [1.807, 2.05) is 25.3 Å². The van der Waals surface area contributed by atoms with Crippen LogP contribution >= 0.6 is 11.3 Å². The van der Waals surface area contributed by atoms with Gasteiger partial charge in [-0.05, 0) is 31.0 Å². The molecule has 1 aromatic heterocycles. The van der Waals surface area contributed by atoms with Gasteiger partial charge in [-0.2, -0.15) is 0 Å². The number of carbonyl (C=O) groups is 1. The van der Waals surface area contributed by atoms with Crippen LogP contribution in [0.3, 0.4) is 0 Å². The lowest BCUT2D eigenvalue weighted by molar-refractivity contribution is 0.0935. The van der Waals surface area contributed by atoms with Crippen molar-refractivity contribution in [2.45, 2.75) is 26.3 Å². The zero-order chi connectivity index (χ0) is 13.8. The van der Waals surface area contributed by atoms with Crippen LogP contribution in [-0.4, -0.2) is 10.9 Å². The van der Waals surface area contributed by atoms with Gasteiger partial charge in [0.15, 0.2) is 0 Å². The van der Waals surface area contributed by atoms with E-state index >= 15 is 0 Å². The SMILES string of the molecule is CCC(NC(=O)c1cc(N)ccc1C)c1nccs1. The predicted octanol–water partition coefficient (Wildman–Crippen LogP) is 2.91. The Hall–Kier alpha value is -1.88. The summed E-state index contributed by atoms with van der Waals surface area (Å²) in [4.78, 5) is 16.5. The van der Waals surface area contributed by atoms with Gasteiger partial charge in [-0.3, -0.25) is 4.79 Å². The van der Waals surface area contributed by atoms with E-state index < -0.39 is 0 Å². The summed E-state index contributed by atoms with van der Waals surface area (Å²) in [6, 6.07) is 5.31. The average Bonchev–Trinajstić information content (AvgIpc) is 2.92. The lowest BCUT2D eigenvalue weighted by Crippen LogP contribution is -2.28. The number of rotatable bonds is 4. The summed E-state index contributed by atoms with van der Waals surface area (Å²) < 4.78 is 0. The Bertz CT molecular complexity index is 566. The molecule has 1 unspecified atom stereocenters. The van der Waals surface area contributed by atoms with Crippen molar-refractivity contribution in [3.8, 4) is 0 Å². The van der Waals surface area contributed by atoms with Gasteiger partial charge in [0, 0.05) is 22.8 Å². The van der Waals surface area contributed by atoms with E-state index in [0.29, 0.717) is 11.3 Å². The molecule has 1 heterocycles. The Morgan fingerprint density at radius 2 is 2.32 bits per heavy atom. The Balaban J connectivity index is 2.18. The normalized spacial score (nSPS) is 12.1. The van der Waals surface area contributed by atoms with Crippen LogP contribution in [0.1, 0.15) is 40.3 Å². The Kier molecular flexibility index (Phi) is 4.16. The molecule has 2 aromatic rings. The first-order valence-corrected chi connectivity index (χ1v) is 7.06. The summed E-state index contributed by atoms with van der Waals surface area (Å²) in [5.74, 6) is -0.105. The van der Waals surface area contributed by atoms with E-state index in [9.17, 15) is 4.79 Å². The largest absolute Gasteiger partial charge is 0.399 e. The van der Waals surface area contributed by atoms with Crippen molar-refractivity contribution in [1.82, 2.24) is 10.3 Å². The molecular formula is C14H17N3OS. The monoisotopic (exact) mass is 275 g/mol. The lowest BCUT2D eigenvalue weighted by Gasteiger charge is -2.15. The van der Waals surface area contributed by atoms with E-state index in [4.69, 9.17) is 5.73 Å². The molecule has 19 heavy (non-hydrogen) atoms. The molecule has 0 bridgehead atoms. The van der Waals surface area contributed by atoms with Crippen molar-refractivity contribution >= 4 is 22.9 Å². The number of amides is 1. The smallest absolute Gasteiger partial charge is 0.252 e. The van der Waals surface area contributed by atoms with Gasteiger partial charge in [0.2, 0.25) is 0 Å². The minimum atomic E-state index is -0.105. The maximum absolute atomic E-state index is 12.3. The molecule has 2 rings (SSSR count). The molecule has 5 heteroatoms. The quantitative estimate of drug-likeness (QED) is 0.843. The first-order valence-electron chi connectivity index (χ1n) is 6.18. The highest BCUT2D eigenvalue weighted by Gasteiger charge is 2.17. The van der Waals surface area contributed by atoms with Crippen molar-refractivity contribution in [2.75, 3.05) is 5.73 Å². The van der Waals surface area contributed by atoms with Gasteiger partial charge >= 0.3 is 0 Å². The molecule has 0 saturated heterocycles. The fourth-order valence-electron chi connectivity index (χ4n) is 1.87. The first kappa shape index (κ1) is 13.5. The van der Waals surface area contributed by atoms with E-state index in [1.165, 1.54) is 0 Å². The minimum Gasteiger partial charge on any atom is -0.399 e. The number of benzene rings is 1. The molecule has 0 spiro atoms. The highest BCUT2D eigenvalue weighted by atomic mass is 32.1. The highest BCUT2D eigenvalue weighted by molar-refractivity contribution is 7.09. The number of aromatic nitrogens is 1. The zero-order valence-electron chi connectivity index (χ0n) is 11.0. The van der Waals surface area contributed by atoms with E-state index in [1.54, 1.807) is 29.7 Å². The fraction of sp³-hybridized carbons (Fsp3) is 0.286. The van der Waals surface area contributed by atoms with Crippen molar-refractivity contribution in [3.05, 3.63) is 45.9 Å². The third-order valence-corrected chi connectivity index (χ3v) is 3.86. The fourth-order valence-corrected chi connectivity index (χ4v) is 2.64. The molecule has 0 fully saturated rings. The van der Waals surface area contributed by atoms with E-state index in [2.05, 4.69) is 10.3 Å². The summed E-state index contributed by atoms with van der Waals surface area (Å²) in [5.41, 5.74) is 7.87. The van der Waals surface area contributed by atoms with Crippen LogP contribution in [0.15, 0.2) is 29.8 Å². The van der Waals surface area contributed by atoms with Gasteiger partial charge in [0.1, 0.15) is 5.01 Å². The van der Waals surface area contributed by atoms with Crippen molar-refractivity contribution in [3.63, 3.8) is 0 Å². The van der Waals surface area contributed by atoms with Crippen LogP contribution in [0.2, 0.25) is 0 Å². The number of hydrogen-bond acceptors (Lipinski definition) is 4. The number of nitrogens with one attached hydrogen (secondary N) is 1. The van der Waals surface area contributed by atoms with Gasteiger partial charge in [0.25, 0.3) is 5.91 Å². The topological polar surface area (TPSA) is 68.0 Å². The van der Waals surface area contributed by atoms with Crippen molar-refractivity contribution < 1.29 is 4.79 Å². The first-order chi connectivity index (χ1) is 9.11. The van der Waals surface area contributed by atoms with Crippen LogP contribution in [-0.2, 0) is 0 Å². The van der Waals surface area contributed by atoms with Gasteiger partial charge < -0.3 is 11.1 Å². The summed E-state index contributed by atoms with van der Waals surface area (Å²) in [5, 5.41) is 5.85. The molecule has 100 valence electrons. The van der Waals surface area contributed by atoms with E-state index in [-0.39, 0.29) is 11.9 Å². The Morgan fingerprint density at radius 1 is 1.53 bits per heavy atom. The second-order valence-corrected chi connectivity index (χ2v) is 5.31. The number of nitrogens with two attached hydrogens (primary N) is 1. The minimum absolute atomic E-state index is 0.0478. The molecule has 0 aliphatic rings. The molecule has 1 aromatic carbocycles. The summed E-state index contributed by atoms with van der Waals surface area (Å²) in [6.07, 6.45) is 2.56. The summed E-state index contributed by atoms with van der Waals surface area (Å²) in [7, 11) is 0. The molecular weight excluding hydrogens is 258 g/mol. The number of thiazole rings is 1. The standard InChI is InChI=1S/C14H17N3OS/c1-3-12(14-16-6-7-19-14)17-13(18)11-8-10(15)5-4-9(11)2/h4-8,12H,3,15H2,1-2H3,(H,17,18). The molecule has 4 nitrogen and oxygen atoms in total. The van der Waals surface area contributed by atoms with Crippen LogP contribution in [0, 0.1) is 6.92 Å². The number of hydrogen-bond donors (Lipinski definition) is 2. The second kappa shape index (κ2) is 5.84. The number of nitrogens with zero attached hydrogens (tertiary/aromatic N) is 1. The number of carbonyl (C=O) groups excluding carboxylic acids is 1. The van der Waals surface area contributed by atoms with Crippen molar-refractivity contribution in [1.29, 1.82) is 0 Å². The van der Waals surface area contributed by atoms with E-state index in [0.717, 1.165) is 17.0 Å². The van der Waals surface area contributed by atoms with Gasteiger partial charge in [-0.15, -0.1) is 11.3 Å². The summed E-state index contributed by atoms with van der Waals surface area (Å²) >= 11 is 1.55. The van der Waals surface area contributed by atoms with Crippen LogP contribution < -0.4 is 11.1 Å². The average molecular weight is 275 g/mol. The van der Waals surface area contributed by atoms with Gasteiger partial charge in [-0.25, -0.2) is 4.98 Å². The third kappa shape index (κ3) is 3.12. The number of anilines is 1. The lowest BCUT2D eigenvalue weighted by atomic mass is 10.1. The second-order valence-electron chi connectivity index (χ2n) is 4.38. The molecule has 1 amide bonds. The van der Waals surface area contributed by atoms with Crippen molar-refractivity contribution in [2.24, 2.45) is 0 Å². The molecule has 3 N–H and O–H groups in total. The Morgan fingerprint density at radius 3 is 2.95 bits per heavy atom. The summed E-state index contributed by atoms with van der Waals surface area (Å²) in [6.45, 7) is 3.93. The van der Waals surface area contributed by atoms with Crippen LogP contribution in [0.4, 0.5) is 5.69 Å². The maximum Gasteiger partial charge on any atom is 0.252 e. The third-order valence-electron chi connectivity index (χ3n) is 2.97. The molecule has 0 aliphatic carbocycles. The number of aryl methyl sites for hydroxylation is 1.